The smallest absolute Gasteiger partial charge is 0.305 e. The lowest BCUT2D eigenvalue weighted by molar-refractivity contribution is 0.304. The molecule has 2 aliphatic carbocycles. The van der Waals surface area contributed by atoms with Crippen LogP contribution in [0.2, 0.25) is 0 Å². The first-order chi connectivity index (χ1) is 12.6. The number of aromatic nitrogens is 1. The third kappa shape index (κ3) is 2.26. The van der Waals surface area contributed by atoms with Crippen molar-refractivity contribution in [2.45, 2.75) is 35.5 Å². The molecule has 0 saturated heterocycles. The first kappa shape index (κ1) is 16.6. The van der Waals surface area contributed by atoms with Crippen LogP contribution in [0.5, 0.6) is 17.2 Å². The minimum Gasteiger partial charge on any atom is -0.502 e. The number of hydrogen-bond acceptors (Lipinski definition) is 6. The minimum atomic E-state index is 0.0116. The van der Waals surface area contributed by atoms with Crippen LogP contribution in [0.1, 0.15) is 35.6 Å². The number of benzene rings is 1. The lowest BCUT2D eigenvalue weighted by Gasteiger charge is -2.40. The van der Waals surface area contributed by atoms with E-state index in [9.17, 15) is 9.90 Å². The Bertz CT molecular complexity index is 895. The highest BCUT2D eigenvalue weighted by Crippen LogP contribution is 2.64. The number of hydrogen-bond donors (Lipinski definition) is 2. The lowest BCUT2D eigenvalue weighted by Crippen LogP contribution is -2.33. The molecule has 2 bridgehead atoms. The number of thioether (sulfide) groups is 1. The second kappa shape index (κ2) is 5.96. The topological polar surface area (TPSA) is 71.6 Å². The van der Waals surface area contributed by atoms with E-state index < -0.39 is 0 Å². The summed E-state index contributed by atoms with van der Waals surface area (Å²) in [7, 11) is 3.10. The van der Waals surface area contributed by atoms with E-state index >= 15 is 0 Å². The van der Waals surface area contributed by atoms with Gasteiger partial charge in [-0.2, -0.15) is 0 Å². The summed E-state index contributed by atoms with van der Waals surface area (Å²) in [4.78, 5) is 16.3. The van der Waals surface area contributed by atoms with Crippen molar-refractivity contribution in [3.8, 4) is 17.2 Å². The maximum Gasteiger partial charge on any atom is 0.305 e. The standard InChI is InChI=1S/C19H21NO4S2/c1-23-11-6-10(7-12(24-2)15(11)21)14-13-8-3-4-9(5-8)16(13)25-18-17(14)26-19(22)20-18/h6-9,13-14,16,21H,3-5H2,1-2H3,(H,20,22)/t8-,9+,13+,14-,16+/m0/s1. The van der Waals surface area contributed by atoms with Crippen molar-refractivity contribution in [1.29, 1.82) is 0 Å². The molecular formula is C19H21NO4S2. The molecule has 5 atom stereocenters. The Kier molecular flexibility index (Phi) is 3.79. The van der Waals surface area contributed by atoms with Gasteiger partial charge in [0.1, 0.15) is 0 Å². The lowest BCUT2D eigenvalue weighted by atomic mass is 9.75. The molecule has 0 unspecified atom stereocenters. The molecule has 3 aliphatic rings. The second-order valence-corrected chi connectivity index (χ2v) is 9.66. The van der Waals surface area contributed by atoms with E-state index in [4.69, 9.17) is 9.47 Å². The summed E-state index contributed by atoms with van der Waals surface area (Å²) in [6.45, 7) is 0. The van der Waals surface area contributed by atoms with Gasteiger partial charge in [0.2, 0.25) is 5.75 Å². The van der Waals surface area contributed by atoms with E-state index in [1.807, 2.05) is 23.9 Å². The zero-order valence-corrected chi connectivity index (χ0v) is 16.3. The summed E-state index contributed by atoms with van der Waals surface area (Å²) < 4.78 is 10.8. The molecule has 5 nitrogen and oxygen atoms in total. The van der Waals surface area contributed by atoms with Crippen LogP contribution in [-0.4, -0.2) is 29.6 Å². The summed E-state index contributed by atoms with van der Waals surface area (Å²) >= 11 is 3.20. The van der Waals surface area contributed by atoms with Crippen molar-refractivity contribution in [2.24, 2.45) is 17.8 Å². The number of aromatic hydroxyl groups is 1. The molecule has 2 heterocycles. The molecule has 1 aromatic carbocycles. The zero-order valence-electron chi connectivity index (χ0n) is 14.7. The molecule has 2 fully saturated rings. The number of fused-ring (bicyclic) bond motifs is 6. The van der Waals surface area contributed by atoms with Crippen molar-refractivity contribution in [3.05, 3.63) is 32.2 Å². The number of aromatic amines is 1. The molecule has 5 rings (SSSR count). The fraction of sp³-hybridized carbons (Fsp3) is 0.526. The van der Waals surface area contributed by atoms with Crippen molar-refractivity contribution in [3.63, 3.8) is 0 Å². The van der Waals surface area contributed by atoms with E-state index in [1.54, 1.807) is 14.2 Å². The molecular weight excluding hydrogens is 370 g/mol. The van der Waals surface area contributed by atoms with Gasteiger partial charge in [-0.25, -0.2) is 0 Å². The highest BCUT2D eigenvalue weighted by Gasteiger charge is 2.54. The Morgan fingerprint density at radius 1 is 1.15 bits per heavy atom. The third-order valence-electron chi connectivity index (χ3n) is 6.33. The number of methoxy groups -OCH3 is 2. The average Bonchev–Trinajstić information content (AvgIpc) is 3.33. The number of nitrogens with one attached hydrogen (secondary N) is 1. The van der Waals surface area contributed by atoms with Gasteiger partial charge in [0.15, 0.2) is 11.5 Å². The second-order valence-electron chi connectivity index (χ2n) is 7.45. The van der Waals surface area contributed by atoms with Crippen LogP contribution in [0, 0.1) is 17.8 Å². The van der Waals surface area contributed by atoms with Crippen LogP contribution in [-0.2, 0) is 0 Å². The SMILES string of the molecule is COc1cc([C@@H]2c3sc(=O)[nH]c3S[C@@H]3[C@@H]4CC[C@@H](C4)[C@H]23)cc(OC)c1O. The number of ether oxygens (including phenoxy) is 2. The Hall–Kier alpha value is -1.60. The molecule has 0 spiro atoms. The first-order valence-electron chi connectivity index (χ1n) is 8.95. The molecule has 138 valence electrons. The number of rotatable bonds is 3. The molecule has 1 aliphatic heterocycles. The van der Waals surface area contributed by atoms with Crippen molar-refractivity contribution >= 4 is 23.1 Å². The van der Waals surface area contributed by atoms with Gasteiger partial charge in [0.25, 0.3) is 0 Å². The van der Waals surface area contributed by atoms with Gasteiger partial charge < -0.3 is 19.6 Å². The van der Waals surface area contributed by atoms with Crippen LogP contribution in [0.25, 0.3) is 0 Å². The van der Waals surface area contributed by atoms with Crippen molar-refractivity contribution < 1.29 is 14.6 Å². The van der Waals surface area contributed by atoms with Crippen LogP contribution >= 0.6 is 23.1 Å². The maximum absolute atomic E-state index is 12.1. The molecule has 26 heavy (non-hydrogen) atoms. The van der Waals surface area contributed by atoms with Crippen molar-refractivity contribution in [2.75, 3.05) is 14.2 Å². The summed E-state index contributed by atoms with van der Waals surface area (Å²) in [6, 6.07) is 3.82. The van der Waals surface area contributed by atoms with E-state index in [0.717, 1.165) is 21.4 Å². The quantitative estimate of drug-likeness (QED) is 0.832. The fourth-order valence-corrected chi connectivity index (χ4v) is 8.21. The van der Waals surface area contributed by atoms with Crippen LogP contribution < -0.4 is 14.3 Å². The van der Waals surface area contributed by atoms with Crippen molar-refractivity contribution in [1.82, 2.24) is 4.98 Å². The molecule has 2 N–H and O–H groups in total. The third-order valence-corrected chi connectivity index (χ3v) is 8.95. The monoisotopic (exact) mass is 391 g/mol. The summed E-state index contributed by atoms with van der Waals surface area (Å²) in [5, 5.41) is 11.9. The predicted molar refractivity (Wildman–Crippen MR) is 102 cm³/mol. The van der Waals surface area contributed by atoms with Gasteiger partial charge in [-0.3, -0.25) is 4.79 Å². The molecule has 2 aromatic rings. The number of phenolic OH excluding ortho intramolecular Hbond substituents is 1. The highest BCUT2D eigenvalue weighted by atomic mass is 32.2. The van der Waals surface area contributed by atoms with Gasteiger partial charge in [-0.15, -0.1) is 11.8 Å². The molecule has 2 saturated carbocycles. The first-order valence-corrected chi connectivity index (χ1v) is 10.6. The van der Waals surface area contributed by atoms with E-state index in [-0.39, 0.29) is 16.5 Å². The zero-order chi connectivity index (χ0) is 18.0. The average molecular weight is 392 g/mol. The van der Waals surface area contributed by atoms with Gasteiger partial charge >= 0.3 is 4.87 Å². The van der Waals surface area contributed by atoms with E-state index in [0.29, 0.717) is 28.6 Å². The van der Waals surface area contributed by atoms with Gasteiger partial charge in [0.05, 0.1) is 19.2 Å². The summed E-state index contributed by atoms with van der Waals surface area (Å²) in [5.74, 6) is 2.99. The van der Waals surface area contributed by atoms with E-state index in [2.05, 4.69) is 4.98 Å². The Morgan fingerprint density at radius 2 is 1.85 bits per heavy atom. The predicted octanol–water partition coefficient (Wildman–Crippen LogP) is 3.81. The molecule has 0 amide bonds. The van der Waals surface area contributed by atoms with Crippen LogP contribution in [0.4, 0.5) is 0 Å². The minimum absolute atomic E-state index is 0.0116. The van der Waals surface area contributed by atoms with Crippen LogP contribution in [0.15, 0.2) is 22.0 Å². The summed E-state index contributed by atoms with van der Waals surface area (Å²) in [5.41, 5.74) is 1.07. The van der Waals surface area contributed by atoms with Gasteiger partial charge in [-0.05, 0) is 54.7 Å². The Balaban J connectivity index is 1.70. The molecule has 0 radical (unpaired) electrons. The number of phenols is 1. The molecule has 7 heteroatoms. The largest absolute Gasteiger partial charge is 0.502 e. The summed E-state index contributed by atoms with van der Waals surface area (Å²) in [6.07, 6.45) is 3.88. The maximum atomic E-state index is 12.1. The Labute approximate surface area is 159 Å². The Morgan fingerprint density at radius 3 is 2.54 bits per heavy atom. The van der Waals surface area contributed by atoms with Gasteiger partial charge in [0, 0.05) is 16.0 Å². The van der Waals surface area contributed by atoms with Crippen LogP contribution in [0.3, 0.4) is 0 Å². The van der Waals surface area contributed by atoms with Gasteiger partial charge in [-0.1, -0.05) is 11.3 Å². The van der Waals surface area contributed by atoms with E-state index in [1.165, 1.54) is 30.6 Å². The normalized spacial score (nSPS) is 31.5. The fourth-order valence-electron chi connectivity index (χ4n) is 5.32. The number of thiazole rings is 1. The number of H-pyrrole nitrogens is 1. The molecule has 1 aromatic heterocycles. The highest BCUT2D eigenvalue weighted by molar-refractivity contribution is 8.00.